The molecule has 1 aliphatic rings. The van der Waals surface area contributed by atoms with Crippen molar-refractivity contribution in [3.05, 3.63) is 29.3 Å². The number of aliphatic hydroxyl groups excluding tert-OH is 1. The first-order valence-electron chi connectivity index (χ1n) is 8.97. The Labute approximate surface area is 173 Å². The van der Waals surface area contributed by atoms with Crippen LogP contribution in [0.25, 0.3) is 0 Å². The van der Waals surface area contributed by atoms with Gasteiger partial charge in [-0.05, 0) is 38.3 Å². The normalized spacial score (nSPS) is 15.2. The molecule has 0 radical (unpaired) electrons. The van der Waals surface area contributed by atoms with Crippen molar-refractivity contribution in [2.24, 2.45) is 10.4 Å². The van der Waals surface area contributed by atoms with Gasteiger partial charge in [0.2, 0.25) is 0 Å². The summed E-state index contributed by atoms with van der Waals surface area (Å²) >= 11 is 0. The van der Waals surface area contributed by atoms with Gasteiger partial charge in [-0.2, -0.15) is 0 Å². The number of ether oxygens (including phenoxy) is 2. The number of halogens is 1. The molecule has 7 heteroatoms. The quantitative estimate of drug-likeness (QED) is 0.209. The third kappa shape index (κ3) is 7.28. The maximum atomic E-state index is 9.45. The number of nitrogens with one attached hydrogen (secondary N) is 2. The number of nitrogens with zero attached hydrogens (tertiary/aromatic N) is 1. The largest absolute Gasteiger partial charge is 0.491 e. The highest BCUT2D eigenvalue weighted by atomic mass is 127. The van der Waals surface area contributed by atoms with Crippen molar-refractivity contribution in [1.29, 1.82) is 0 Å². The molecule has 0 atom stereocenters. The molecule has 0 aliphatic heterocycles. The van der Waals surface area contributed by atoms with Crippen LogP contribution in [0.1, 0.15) is 30.9 Å². The molecule has 1 fully saturated rings. The maximum Gasteiger partial charge on any atom is 0.191 e. The van der Waals surface area contributed by atoms with Crippen LogP contribution in [-0.2, 0) is 11.3 Å². The van der Waals surface area contributed by atoms with Crippen molar-refractivity contribution >= 4 is 29.9 Å². The van der Waals surface area contributed by atoms with E-state index in [9.17, 15) is 5.11 Å². The van der Waals surface area contributed by atoms with Gasteiger partial charge in [-0.3, -0.25) is 0 Å². The maximum absolute atomic E-state index is 9.45. The molecule has 0 amide bonds. The minimum atomic E-state index is 0. The van der Waals surface area contributed by atoms with Crippen LogP contribution in [0.5, 0.6) is 5.75 Å². The van der Waals surface area contributed by atoms with E-state index in [4.69, 9.17) is 9.47 Å². The highest BCUT2D eigenvalue weighted by Crippen LogP contribution is 2.44. The second-order valence-corrected chi connectivity index (χ2v) is 6.66. The standard InChI is InChI=1S/C19H31N3O3.HI/c1-4-20-18(22-13-19(14-23)7-8-19)21-12-16-6-5-15(2)11-17(16)25-10-9-24-3;/h5-6,11,23H,4,7-10,12-14H2,1-3H3,(H2,20,21,22);1H. The smallest absolute Gasteiger partial charge is 0.191 e. The molecule has 1 aromatic carbocycles. The van der Waals surface area contributed by atoms with Crippen molar-refractivity contribution in [2.45, 2.75) is 33.2 Å². The number of hydrogen-bond donors (Lipinski definition) is 3. The van der Waals surface area contributed by atoms with E-state index in [0.29, 0.717) is 19.8 Å². The zero-order valence-electron chi connectivity index (χ0n) is 16.0. The Morgan fingerprint density at radius 3 is 2.65 bits per heavy atom. The van der Waals surface area contributed by atoms with E-state index in [1.165, 1.54) is 0 Å². The van der Waals surface area contributed by atoms with E-state index in [-0.39, 0.29) is 36.0 Å². The molecule has 0 bridgehead atoms. The van der Waals surface area contributed by atoms with Gasteiger partial charge >= 0.3 is 0 Å². The SMILES string of the molecule is CCNC(=NCc1ccc(C)cc1OCCOC)NCC1(CO)CC1.I. The van der Waals surface area contributed by atoms with Crippen molar-refractivity contribution in [3.8, 4) is 5.75 Å². The zero-order valence-corrected chi connectivity index (χ0v) is 18.3. The Bertz CT molecular complexity index is 577. The summed E-state index contributed by atoms with van der Waals surface area (Å²) < 4.78 is 10.9. The van der Waals surface area contributed by atoms with Gasteiger partial charge in [0.1, 0.15) is 12.4 Å². The van der Waals surface area contributed by atoms with E-state index >= 15 is 0 Å². The van der Waals surface area contributed by atoms with Gasteiger partial charge in [0.05, 0.1) is 19.8 Å². The molecule has 148 valence electrons. The van der Waals surface area contributed by atoms with Crippen LogP contribution in [0.15, 0.2) is 23.2 Å². The fourth-order valence-electron chi connectivity index (χ4n) is 2.51. The zero-order chi connectivity index (χ0) is 18.1. The molecule has 1 aliphatic carbocycles. The first kappa shape index (κ1) is 23.0. The second kappa shape index (κ2) is 11.6. The molecule has 1 aromatic rings. The Balaban J connectivity index is 0.00000338. The topological polar surface area (TPSA) is 75.1 Å². The predicted molar refractivity (Wildman–Crippen MR) is 116 cm³/mol. The van der Waals surface area contributed by atoms with Crippen LogP contribution in [-0.4, -0.2) is 51.1 Å². The molecule has 6 nitrogen and oxygen atoms in total. The lowest BCUT2D eigenvalue weighted by Gasteiger charge is -2.17. The van der Waals surface area contributed by atoms with Gasteiger partial charge in [-0.25, -0.2) is 4.99 Å². The number of aryl methyl sites for hydroxylation is 1. The van der Waals surface area contributed by atoms with E-state index in [1.54, 1.807) is 7.11 Å². The molecule has 26 heavy (non-hydrogen) atoms. The molecular weight excluding hydrogens is 445 g/mol. The summed E-state index contributed by atoms with van der Waals surface area (Å²) in [5, 5.41) is 16.0. The van der Waals surface area contributed by atoms with Gasteiger partial charge in [0, 0.05) is 31.2 Å². The number of methoxy groups -OCH3 is 1. The van der Waals surface area contributed by atoms with Gasteiger partial charge in [0.15, 0.2) is 5.96 Å². The average molecular weight is 477 g/mol. The highest BCUT2D eigenvalue weighted by molar-refractivity contribution is 14.0. The van der Waals surface area contributed by atoms with E-state index in [1.807, 2.05) is 19.9 Å². The van der Waals surface area contributed by atoms with Gasteiger partial charge < -0.3 is 25.2 Å². The molecule has 3 N–H and O–H groups in total. The lowest BCUT2D eigenvalue weighted by molar-refractivity contribution is 0.145. The number of aliphatic hydroxyl groups is 1. The van der Waals surface area contributed by atoms with Crippen LogP contribution < -0.4 is 15.4 Å². The summed E-state index contributed by atoms with van der Waals surface area (Å²) in [5.41, 5.74) is 2.25. The average Bonchev–Trinajstić information content (AvgIpc) is 3.39. The fraction of sp³-hybridized carbons (Fsp3) is 0.632. The van der Waals surface area contributed by atoms with Gasteiger partial charge in [-0.15, -0.1) is 24.0 Å². The summed E-state index contributed by atoms with van der Waals surface area (Å²) in [6, 6.07) is 6.16. The molecular formula is C19H32IN3O3. The minimum absolute atomic E-state index is 0. The number of guanidine groups is 1. The number of aliphatic imine (C=N–C) groups is 1. The van der Waals surface area contributed by atoms with E-state index in [0.717, 1.165) is 48.8 Å². The molecule has 2 rings (SSSR count). The molecule has 0 unspecified atom stereocenters. The molecule has 1 saturated carbocycles. The minimum Gasteiger partial charge on any atom is -0.491 e. The van der Waals surface area contributed by atoms with Crippen molar-refractivity contribution < 1.29 is 14.6 Å². The van der Waals surface area contributed by atoms with Crippen LogP contribution in [0.4, 0.5) is 0 Å². The molecule has 0 saturated heterocycles. The van der Waals surface area contributed by atoms with Gasteiger partial charge in [0.25, 0.3) is 0 Å². The Morgan fingerprint density at radius 1 is 1.27 bits per heavy atom. The number of rotatable bonds is 10. The molecule has 0 spiro atoms. The van der Waals surface area contributed by atoms with Crippen LogP contribution in [0.3, 0.4) is 0 Å². The lowest BCUT2D eigenvalue weighted by Crippen LogP contribution is -2.41. The highest BCUT2D eigenvalue weighted by Gasteiger charge is 2.41. The first-order valence-corrected chi connectivity index (χ1v) is 8.97. The summed E-state index contributed by atoms with van der Waals surface area (Å²) in [5.74, 6) is 1.62. The van der Waals surface area contributed by atoms with Crippen molar-refractivity contribution in [3.63, 3.8) is 0 Å². The van der Waals surface area contributed by atoms with Gasteiger partial charge in [-0.1, -0.05) is 12.1 Å². The second-order valence-electron chi connectivity index (χ2n) is 6.66. The predicted octanol–water partition coefficient (Wildman–Crippen LogP) is 2.47. The Morgan fingerprint density at radius 2 is 2.04 bits per heavy atom. The third-order valence-corrected chi connectivity index (χ3v) is 4.44. The third-order valence-electron chi connectivity index (χ3n) is 4.44. The van der Waals surface area contributed by atoms with E-state index in [2.05, 4.69) is 27.8 Å². The molecule has 0 aromatic heterocycles. The summed E-state index contributed by atoms with van der Waals surface area (Å²) in [4.78, 5) is 4.67. The number of benzene rings is 1. The first-order chi connectivity index (χ1) is 12.1. The van der Waals surface area contributed by atoms with Crippen molar-refractivity contribution in [1.82, 2.24) is 10.6 Å². The monoisotopic (exact) mass is 477 g/mol. The summed E-state index contributed by atoms with van der Waals surface area (Å²) in [6.07, 6.45) is 2.15. The van der Waals surface area contributed by atoms with Crippen molar-refractivity contribution in [2.75, 3.05) is 40.0 Å². The Hall–Kier alpha value is -1.06. The van der Waals surface area contributed by atoms with Crippen LogP contribution in [0, 0.1) is 12.3 Å². The lowest BCUT2D eigenvalue weighted by atomic mass is 10.1. The Kier molecular flexibility index (Phi) is 10.3. The fourth-order valence-corrected chi connectivity index (χ4v) is 2.51. The summed E-state index contributed by atoms with van der Waals surface area (Å²) in [6.45, 7) is 7.48. The van der Waals surface area contributed by atoms with Crippen LogP contribution in [0.2, 0.25) is 0 Å². The van der Waals surface area contributed by atoms with E-state index < -0.39 is 0 Å². The molecule has 0 heterocycles. The summed E-state index contributed by atoms with van der Waals surface area (Å²) in [7, 11) is 1.66. The van der Waals surface area contributed by atoms with Crippen LogP contribution >= 0.6 is 24.0 Å². The number of hydrogen-bond acceptors (Lipinski definition) is 4.